The summed E-state index contributed by atoms with van der Waals surface area (Å²) < 4.78 is 10.4. The van der Waals surface area contributed by atoms with E-state index in [1.54, 1.807) is 13.8 Å². The van der Waals surface area contributed by atoms with Crippen LogP contribution in [0.3, 0.4) is 0 Å². The third kappa shape index (κ3) is 4.49. The van der Waals surface area contributed by atoms with Gasteiger partial charge in [-0.25, -0.2) is 0 Å². The highest BCUT2D eigenvalue weighted by Crippen LogP contribution is 2.23. The molecular formula is C14H25NO4. The first kappa shape index (κ1) is 16.0. The average molecular weight is 271 g/mol. The lowest BCUT2D eigenvalue weighted by Gasteiger charge is -2.30. The van der Waals surface area contributed by atoms with Crippen molar-refractivity contribution < 1.29 is 19.1 Å². The van der Waals surface area contributed by atoms with E-state index in [-0.39, 0.29) is 18.0 Å². The van der Waals surface area contributed by atoms with E-state index < -0.39 is 11.6 Å². The molecule has 1 saturated heterocycles. The maximum atomic E-state index is 12.1. The summed E-state index contributed by atoms with van der Waals surface area (Å²) in [5.41, 5.74) is -0.501. The molecule has 1 aliphatic rings. The molecule has 110 valence electrons. The van der Waals surface area contributed by atoms with Crippen LogP contribution < -0.4 is 0 Å². The molecule has 5 nitrogen and oxygen atoms in total. The van der Waals surface area contributed by atoms with Crippen LogP contribution in [0.15, 0.2) is 0 Å². The Morgan fingerprint density at radius 2 is 2.00 bits per heavy atom. The topological polar surface area (TPSA) is 55.8 Å². The van der Waals surface area contributed by atoms with Gasteiger partial charge in [-0.05, 0) is 54.0 Å². The first-order chi connectivity index (χ1) is 8.76. The summed E-state index contributed by atoms with van der Waals surface area (Å²) in [6.07, 6.45) is 1.63. The molecule has 5 heteroatoms. The number of nitrogens with zero attached hydrogens (tertiary/aromatic N) is 1. The fourth-order valence-electron chi connectivity index (χ4n) is 2.27. The molecule has 2 atom stereocenters. The number of ether oxygens (including phenoxy) is 2. The van der Waals surface area contributed by atoms with Crippen molar-refractivity contribution in [2.45, 2.75) is 65.1 Å². The van der Waals surface area contributed by atoms with E-state index >= 15 is 0 Å². The Morgan fingerprint density at radius 3 is 2.53 bits per heavy atom. The molecule has 1 fully saturated rings. The van der Waals surface area contributed by atoms with Gasteiger partial charge in [0.15, 0.2) is 0 Å². The average Bonchev–Trinajstić information content (AvgIpc) is 2.74. The van der Waals surface area contributed by atoms with Gasteiger partial charge in [0.05, 0.1) is 6.61 Å². The van der Waals surface area contributed by atoms with Gasteiger partial charge in [-0.2, -0.15) is 0 Å². The van der Waals surface area contributed by atoms with Crippen molar-refractivity contribution in [1.29, 1.82) is 0 Å². The van der Waals surface area contributed by atoms with Gasteiger partial charge in [-0.15, -0.1) is 0 Å². The van der Waals surface area contributed by atoms with E-state index in [4.69, 9.17) is 9.47 Å². The van der Waals surface area contributed by atoms with Crippen LogP contribution in [-0.4, -0.2) is 47.7 Å². The summed E-state index contributed by atoms with van der Waals surface area (Å²) in [6, 6.07) is -0.737. The van der Waals surface area contributed by atoms with Crippen LogP contribution >= 0.6 is 0 Å². The highest BCUT2D eigenvalue weighted by atomic mass is 16.6. The predicted octanol–water partition coefficient (Wildman–Crippen LogP) is 1.74. The summed E-state index contributed by atoms with van der Waals surface area (Å²) in [5, 5.41) is 0. The molecule has 1 heterocycles. The molecule has 0 spiro atoms. The van der Waals surface area contributed by atoms with E-state index in [2.05, 4.69) is 0 Å². The van der Waals surface area contributed by atoms with Crippen molar-refractivity contribution in [3.8, 4) is 0 Å². The molecule has 0 aliphatic carbocycles. The van der Waals surface area contributed by atoms with E-state index in [1.807, 2.05) is 25.7 Å². The number of rotatable bonds is 4. The molecule has 0 radical (unpaired) electrons. The number of hydrogen-bond donors (Lipinski definition) is 0. The normalized spacial score (nSPS) is 22.1. The van der Waals surface area contributed by atoms with E-state index in [9.17, 15) is 9.59 Å². The minimum absolute atomic E-state index is 0.249. The van der Waals surface area contributed by atoms with Crippen LogP contribution in [0, 0.1) is 0 Å². The molecule has 0 aromatic rings. The van der Waals surface area contributed by atoms with Crippen LogP contribution in [0.5, 0.6) is 0 Å². The number of carbonyl (C=O) groups excluding carboxylic acids is 2. The Balaban J connectivity index is 2.68. The Labute approximate surface area is 115 Å². The fourth-order valence-corrected chi connectivity index (χ4v) is 2.27. The maximum Gasteiger partial charge on any atom is 0.323 e. The van der Waals surface area contributed by atoms with Crippen molar-refractivity contribution >= 4 is 11.9 Å². The van der Waals surface area contributed by atoms with Crippen molar-refractivity contribution in [2.24, 2.45) is 0 Å². The Morgan fingerprint density at radius 1 is 1.37 bits per heavy atom. The molecule has 0 amide bonds. The standard InChI is InChI=1S/C14H25NO4/c1-6-18-12(16)10(2)15-9-7-8-11(15)13(17)19-14(3,4)5/h10-11H,6-9H2,1-5H3/t10?,11-/m1/s1. The quantitative estimate of drug-likeness (QED) is 0.729. The SMILES string of the molecule is CCOC(=O)C(C)N1CCC[C@@H]1C(=O)OC(C)(C)C. The van der Waals surface area contributed by atoms with Crippen LogP contribution in [-0.2, 0) is 19.1 Å². The lowest BCUT2D eigenvalue weighted by Crippen LogP contribution is -2.48. The molecule has 0 aromatic heterocycles. The van der Waals surface area contributed by atoms with Crippen molar-refractivity contribution in [3.05, 3.63) is 0 Å². The van der Waals surface area contributed by atoms with Gasteiger partial charge in [0.1, 0.15) is 17.7 Å². The zero-order valence-electron chi connectivity index (χ0n) is 12.6. The van der Waals surface area contributed by atoms with Crippen LogP contribution in [0.1, 0.15) is 47.5 Å². The summed E-state index contributed by atoms with van der Waals surface area (Å²) in [4.78, 5) is 25.8. The van der Waals surface area contributed by atoms with Gasteiger partial charge in [0.2, 0.25) is 0 Å². The second-order valence-electron chi connectivity index (χ2n) is 5.86. The second-order valence-corrected chi connectivity index (χ2v) is 5.86. The van der Waals surface area contributed by atoms with E-state index in [1.165, 1.54) is 0 Å². The third-order valence-electron chi connectivity index (χ3n) is 3.10. The second kappa shape index (κ2) is 6.37. The van der Waals surface area contributed by atoms with Crippen LogP contribution in [0.25, 0.3) is 0 Å². The van der Waals surface area contributed by atoms with Crippen molar-refractivity contribution in [3.63, 3.8) is 0 Å². The molecular weight excluding hydrogens is 246 g/mol. The maximum absolute atomic E-state index is 12.1. The summed E-state index contributed by atoms with van der Waals surface area (Å²) in [6.45, 7) is 10.2. The number of carbonyl (C=O) groups is 2. The Hall–Kier alpha value is -1.10. The minimum atomic E-state index is -0.501. The largest absolute Gasteiger partial charge is 0.465 e. The molecule has 1 unspecified atom stereocenters. The van der Waals surface area contributed by atoms with Crippen LogP contribution in [0.4, 0.5) is 0 Å². The molecule has 0 N–H and O–H groups in total. The van der Waals surface area contributed by atoms with Gasteiger partial charge in [0, 0.05) is 0 Å². The Kier molecular flexibility index (Phi) is 5.35. The molecule has 0 bridgehead atoms. The van der Waals surface area contributed by atoms with Crippen LogP contribution in [0.2, 0.25) is 0 Å². The molecule has 0 aromatic carbocycles. The first-order valence-electron chi connectivity index (χ1n) is 6.91. The zero-order chi connectivity index (χ0) is 14.6. The fraction of sp³-hybridized carbons (Fsp3) is 0.857. The monoisotopic (exact) mass is 271 g/mol. The predicted molar refractivity (Wildman–Crippen MR) is 71.7 cm³/mol. The summed E-state index contributed by atoms with van der Waals surface area (Å²) >= 11 is 0. The smallest absolute Gasteiger partial charge is 0.323 e. The van der Waals surface area contributed by atoms with Gasteiger partial charge in [-0.1, -0.05) is 0 Å². The highest BCUT2D eigenvalue weighted by molar-refractivity contribution is 5.80. The van der Waals surface area contributed by atoms with Crippen molar-refractivity contribution in [2.75, 3.05) is 13.2 Å². The number of esters is 2. The number of likely N-dealkylation sites (tertiary alicyclic amines) is 1. The molecule has 1 aliphatic heterocycles. The Bertz CT molecular complexity index is 335. The van der Waals surface area contributed by atoms with Gasteiger partial charge in [0.25, 0.3) is 0 Å². The lowest BCUT2D eigenvalue weighted by atomic mass is 10.1. The lowest BCUT2D eigenvalue weighted by molar-refractivity contribution is -0.163. The summed E-state index contributed by atoms with van der Waals surface area (Å²) in [7, 11) is 0. The minimum Gasteiger partial charge on any atom is -0.465 e. The molecule has 0 saturated carbocycles. The zero-order valence-corrected chi connectivity index (χ0v) is 12.6. The number of hydrogen-bond acceptors (Lipinski definition) is 5. The third-order valence-corrected chi connectivity index (χ3v) is 3.10. The van der Waals surface area contributed by atoms with Gasteiger partial charge < -0.3 is 9.47 Å². The van der Waals surface area contributed by atoms with E-state index in [0.29, 0.717) is 6.61 Å². The summed E-state index contributed by atoms with van der Waals surface area (Å²) in [5.74, 6) is -0.529. The van der Waals surface area contributed by atoms with Gasteiger partial charge in [-0.3, -0.25) is 14.5 Å². The highest BCUT2D eigenvalue weighted by Gasteiger charge is 2.39. The van der Waals surface area contributed by atoms with E-state index in [0.717, 1.165) is 19.4 Å². The van der Waals surface area contributed by atoms with Crippen molar-refractivity contribution in [1.82, 2.24) is 4.90 Å². The first-order valence-corrected chi connectivity index (χ1v) is 6.91. The van der Waals surface area contributed by atoms with Gasteiger partial charge >= 0.3 is 11.9 Å². The molecule has 19 heavy (non-hydrogen) atoms. The molecule has 1 rings (SSSR count).